The molecular formula is C11H15F2NO3. The molecule has 6 heteroatoms. The van der Waals surface area contributed by atoms with Gasteiger partial charge in [0.25, 0.3) is 0 Å². The largest absolute Gasteiger partial charge is 0.485 e. The summed E-state index contributed by atoms with van der Waals surface area (Å²) in [6.45, 7) is 1.16. The molecule has 96 valence electrons. The lowest BCUT2D eigenvalue weighted by Gasteiger charge is -2.09. The third-order valence-electron chi connectivity index (χ3n) is 1.93. The molecule has 2 N–H and O–H groups in total. The molecule has 0 bridgehead atoms. The standard InChI is InChI=1S/C11H15F2NO3/c1-15-2-3-16-4-5-17-11-9(12)6-8(14)7-10(11)13/h6-7H,2-5,14H2,1H3. The molecule has 4 nitrogen and oxygen atoms in total. The number of hydrogen-bond donors (Lipinski definition) is 1. The summed E-state index contributed by atoms with van der Waals surface area (Å²) in [5.74, 6) is -2.08. The lowest BCUT2D eigenvalue weighted by atomic mass is 10.3. The molecule has 17 heavy (non-hydrogen) atoms. The van der Waals surface area contributed by atoms with E-state index in [9.17, 15) is 8.78 Å². The topological polar surface area (TPSA) is 53.7 Å². The Bertz CT molecular complexity index is 338. The summed E-state index contributed by atoms with van der Waals surface area (Å²) in [4.78, 5) is 0. The van der Waals surface area contributed by atoms with Crippen LogP contribution in [-0.4, -0.2) is 33.5 Å². The van der Waals surface area contributed by atoms with Gasteiger partial charge in [-0.1, -0.05) is 0 Å². The van der Waals surface area contributed by atoms with Crippen LogP contribution in [-0.2, 0) is 9.47 Å². The van der Waals surface area contributed by atoms with Gasteiger partial charge < -0.3 is 19.9 Å². The van der Waals surface area contributed by atoms with Gasteiger partial charge in [-0.05, 0) is 0 Å². The summed E-state index contributed by atoms with van der Waals surface area (Å²) in [6, 6.07) is 2.01. The molecule has 0 heterocycles. The fraction of sp³-hybridized carbons (Fsp3) is 0.455. The van der Waals surface area contributed by atoms with Crippen molar-refractivity contribution in [3.8, 4) is 5.75 Å². The smallest absolute Gasteiger partial charge is 0.190 e. The molecule has 0 aliphatic carbocycles. The van der Waals surface area contributed by atoms with Crippen LogP contribution in [0.15, 0.2) is 12.1 Å². The van der Waals surface area contributed by atoms with E-state index in [0.717, 1.165) is 12.1 Å². The van der Waals surface area contributed by atoms with E-state index in [0.29, 0.717) is 13.2 Å². The Hall–Kier alpha value is -1.40. The number of benzene rings is 1. The van der Waals surface area contributed by atoms with Crippen molar-refractivity contribution < 1.29 is 23.0 Å². The van der Waals surface area contributed by atoms with Gasteiger partial charge >= 0.3 is 0 Å². The minimum absolute atomic E-state index is 0.0173. The van der Waals surface area contributed by atoms with Gasteiger partial charge in [0.1, 0.15) is 6.61 Å². The highest BCUT2D eigenvalue weighted by molar-refractivity contribution is 5.44. The second-order valence-corrected chi connectivity index (χ2v) is 3.27. The SMILES string of the molecule is COCCOCCOc1c(F)cc(N)cc1F. The van der Waals surface area contributed by atoms with Crippen LogP contribution in [0.3, 0.4) is 0 Å². The number of nitrogens with two attached hydrogens (primary N) is 1. The molecule has 0 saturated carbocycles. The van der Waals surface area contributed by atoms with Gasteiger partial charge in [-0.2, -0.15) is 0 Å². The Kier molecular flexibility index (Phi) is 5.65. The van der Waals surface area contributed by atoms with E-state index < -0.39 is 17.4 Å². The molecule has 1 aromatic carbocycles. The van der Waals surface area contributed by atoms with Crippen molar-refractivity contribution in [1.82, 2.24) is 0 Å². The maximum absolute atomic E-state index is 13.2. The number of anilines is 1. The first-order valence-electron chi connectivity index (χ1n) is 5.09. The number of nitrogen functional groups attached to an aromatic ring is 1. The van der Waals surface area contributed by atoms with Crippen LogP contribution in [0.4, 0.5) is 14.5 Å². The summed E-state index contributed by atoms with van der Waals surface area (Å²) < 4.78 is 41.2. The predicted octanol–water partition coefficient (Wildman–Crippen LogP) is 1.59. The lowest BCUT2D eigenvalue weighted by Crippen LogP contribution is -2.11. The molecule has 1 aromatic rings. The minimum Gasteiger partial charge on any atom is -0.485 e. The molecule has 0 amide bonds. The van der Waals surface area contributed by atoms with E-state index in [1.165, 1.54) is 0 Å². The van der Waals surface area contributed by atoms with Gasteiger partial charge in [0.05, 0.1) is 19.8 Å². The third-order valence-corrected chi connectivity index (χ3v) is 1.93. The van der Waals surface area contributed by atoms with Crippen LogP contribution < -0.4 is 10.5 Å². The summed E-state index contributed by atoms with van der Waals surface area (Å²) in [7, 11) is 1.55. The van der Waals surface area contributed by atoms with Crippen LogP contribution in [0.1, 0.15) is 0 Å². The van der Waals surface area contributed by atoms with Crippen LogP contribution in [0.5, 0.6) is 5.75 Å². The molecule has 1 rings (SSSR count). The normalized spacial score (nSPS) is 10.5. The van der Waals surface area contributed by atoms with Crippen molar-refractivity contribution in [3.63, 3.8) is 0 Å². The second-order valence-electron chi connectivity index (χ2n) is 3.27. The first-order valence-corrected chi connectivity index (χ1v) is 5.09. The number of halogens is 2. The number of rotatable bonds is 7. The first-order chi connectivity index (χ1) is 8.15. The third kappa shape index (κ3) is 4.54. The zero-order valence-electron chi connectivity index (χ0n) is 9.54. The van der Waals surface area contributed by atoms with Gasteiger partial charge in [-0.15, -0.1) is 0 Å². The Morgan fingerprint density at radius 2 is 1.65 bits per heavy atom. The van der Waals surface area contributed by atoms with Crippen molar-refractivity contribution in [2.24, 2.45) is 0 Å². The van der Waals surface area contributed by atoms with Crippen LogP contribution >= 0.6 is 0 Å². The van der Waals surface area contributed by atoms with E-state index in [1.54, 1.807) is 7.11 Å². The molecule has 0 atom stereocenters. The molecule has 0 radical (unpaired) electrons. The van der Waals surface area contributed by atoms with Crippen molar-refractivity contribution in [1.29, 1.82) is 0 Å². The van der Waals surface area contributed by atoms with Crippen molar-refractivity contribution >= 4 is 5.69 Å². The summed E-state index contributed by atoms with van der Waals surface area (Å²) in [5, 5.41) is 0. The van der Waals surface area contributed by atoms with Crippen molar-refractivity contribution in [2.45, 2.75) is 0 Å². The quantitative estimate of drug-likeness (QED) is 0.587. The minimum atomic E-state index is -0.820. The molecule has 0 saturated heterocycles. The summed E-state index contributed by atoms with van der Waals surface area (Å²) >= 11 is 0. The first kappa shape index (κ1) is 13.7. The van der Waals surface area contributed by atoms with Gasteiger partial charge in [-0.3, -0.25) is 0 Å². The molecule has 0 aliphatic heterocycles. The second kappa shape index (κ2) is 7.03. The molecule has 0 aromatic heterocycles. The number of methoxy groups -OCH3 is 1. The van der Waals surface area contributed by atoms with Crippen molar-refractivity contribution in [2.75, 3.05) is 39.3 Å². The average molecular weight is 247 g/mol. The monoisotopic (exact) mass is 247 g/mol. The van der Waals surface area contributed by atoms with Gasteiger partial charge in [0, 0.05) is 24.9 Å². The van der Waals surface area contributed by atoms with Gasteiger partial charge in [0.2, 0.25) is 0 Å². The predicted molar refractivity (Wildman–Crippen MR) is 59.0 cm³/mol. The van der Waals surface area contributed by atoms with E-state index in [2.05, 4.69) is 0 Å². The fourth-order valence-corrected chi connectivity index (χ4v) is 1.16. The maximum atomic E-state index is 13.2. The van der Waals surface area contributed by atoms with Crippen LogP contribution in [0.25, 0.3) is 0 Å². The summed E-state index contributed by atoms with van der Waals surface area (Å²) in [5.41, 5.74) is 5.28. The zero-order chi connectivity index (χ0) is 12.7. The molecule has 0 spiro atoms. The molecular weight excluding hydrogens is 232 g/mol. The fourth-order valence-electron chi connectivity index (χ4n) is 1.16. The number of hydrogen-bond acceptors (Lipinski definition) is 4. The molecule has 0 unspecified atom stereocenters. The highest BCUT2D eigenvalue weighted by Crippen LogP contribution is 2.24. The van der Waals surface area contributed by atoms with E-state index in [-0.39, 0.29) is 18.9 Å². The zero-order valence-corrected chi connectivity index (χ0v) is 9.54. The maximum Gasteiger partial charge on any atom is 0.190 e. The highest BCUT2D eigenvalue weighted by Gasteiger charge is 2.11. The summed E-state index contributed by atoms with van der Waals surface area (Å²) in [6.07, 6.45) is 0. The van der Waals surface area contributed by atoms with E-state index in [1.807, 2.05) is 0 Å². The van der Waals surface area contributed by atoms with E-state index in [4.69, 9.17) is 19.9 Å². The Labute approximate surface area is 98.3 Å². The Morgan fingerprint density at radius 1 is 1.06 bits per heavy atom. The van der Waals surface area contributed by atoms with E-state index >= 15 is 0 Å². The highest BCUT2D eigenvalue weighted by atomic mass is 19.1. The Morgan fingerprint density at radius 3 is 2.24 bits per heavy atom. The molecule has 0 fully saturated rings. The van der Waals surface area contributed by atoms with Crippen molar-refractivity contribution in [3.05, 3.63) is 23.8 Å². The van der Waals surface area contributed by atoms with Gasteiger partial charge in [0.15, 0.2) is 17.4 Å². The van der Waals surface area contributed by atoms with Crippen LogP contribution in [0.2, 0.25) is 0 Å². The molecule has 0 aliphatic rings. The van der Waals surface area contributed by atoms with Gasteiger partial charge in [-0.25, -0.2) is 8.78 Å². The Balaban J connectivity index is 2.36. The lowest BCUT2D eigenvalue weighted by molar-refractivity contribution is 0.0531. The number of ether oxygens (including phenoxy) is 3. The average Bonchev–Trinajstić information content (AvgIpc) is 2.26. The van der Waals surface area contributed by atoms with Crippen LogP contribution in [0, 0.1) is 11.6 Å².